The Labute approximate surface area is 141 Å². The largest absolute Gasteiger partial charge is 0.438 e. The van der Waals surface area contributed by atoms with E-state index in [4.69, 9.17) is 16.3 Å². The van der Waals surface area contributed by atoms with Gasteiger partial charge in [0.25, 0.3) is 0 Å². The number of ether oxygens (including phenoxy) is 1. The molecule has 6 heteroatoms. The summed E-state index contributed by atoms with van der Waals surface area (Å²) in [6, 6.07) is 10.2. The highest BCUT2D eigenvalue weighted by Gasteiger charge is 2.37. The summed E-state index contributed by atoms with van der Waals surface area (Å²) in [5.74, 6) is -0.454. The van der Waals surface area contributed by atoms with E-state index in [1.807, 2.05) is 32.0 Å². The average Bonchev–Trinajstić information content (AvgIpc) is 2.47. The first-order chi connectivity index (χ1) is 10.3. The monoisotopic (exact) mass is 383 g/mol. The summed E-state index contributed by atoms with van der Waals surface area (Å²) >= 11 is 9.04. The second-order valence-corrected chi connectivity index (χ2v) is 6.64. The number of hydrogen-bond donors (Lipinski definition) is 0. The Morgan fingerprint density at radius 3 is 2.50 bits per heavy atom. The highest BCUT2D eigenvalue weighted by atomic mass is 79.9. The van der Waals surface area contributed by atoms with Crippen molar-refractivity contribution in [3.8, 4) is 11.1 Å². The van der Waals surface area contributed by atoms with Crippen LogP contribution in [0, 0.1) is 5.82 Å². The molecule has 0 saturated heterocycles. The Morgan fingerprint density at radius 2 is 1.82 bits per heavy atom. The number of anilines is 1. The van der Waals surface area contributed by atoms with Crippen LogP contribution in [0.2, 0.25) is 5.02 Å². The maximum absolute atomic E-state index is 13.3. The van der Waals surface area contributed by atoms with E-state index in [1.165, 1.54) is 9.99 Å². The summed E-state index contributed by atoms with van der Waals surface area (Å²) in [7, 11) is 0. The van der Waals surface area contributed by atoms with Crippen LogP contribution >= 0.6 is 27.7 Å². The van der Waals surface area contributed by atoms with Crippen LogP contribution in [-0.4, -0.2) is 6.09 Å². The molecule has 0 spiro atoms. The molecule has 3 rings (SSSR count). The third-order valence-electron chi connectivity index (χ3n) is 3.61. The van der Waals surface area contributed by atoms with E-state index < -0.39 is 17.5 Å². The molecular weight excluding hydrogens is 373 g/mol. The van der Waals surface area contributed by atoms with E-state index >= 15 is 0 Å². The zero-order valence-corrected chi connectivity index (χ0v) is 14.2. The van der Waals surface area contributed by atoms with Crippen molar-refractivity contribution in [2.24, 2.45) is 0 Å². The van der Waals surface area contributed by atoms with E-state index in [0.29, 0.717) is 0 Å². The average molecular weight is 385 g/mol. The number of carbonyl (C=O) groups excluding carboxylic acids is 1. The Hall–Kier alpha value is -1.59. The van der Waals surface area contributed by atoms with Gasteiger partial charge in [0.2, 0.25) is 0 Å². The number of amides is 1. The summed E-state index contributed by atoms with van der Waals surface area (Å²) in [6.45, 7) is 3.65. The molecule has 22 heavy (non-hydrogen) atoms. The molecule has 0 saturated carbocycles. The molecule has 2 aromatic rings. The Morgan fingerprint density at radius 1 is 1.18 bits per heavy atom. The van der Waals surface area contributed by atoms with Crippen molar-refractivity contribution in [1.29, 1.82) is 0 Å². The van der Waals surface area contributed by atoms with Crippen LogP contribution in [0.5, 0.6) is 0 Å². The van der Waals surface area contributed by atoms with E-state index in [0.717, 1.165) is 22.4 Å². The molecule has 0 aliphatic carbocycles. The number of carbonyl (C=O) groups is 1. The fraction of sp³-hybridized carbons (Fsp3) is 0.188. The normalized spacial score (nSPS) is 16.2. The quantitative estimate of drug-likeness (QED) is 0.595. The zero-order valence-electron chi connectivity index (χ0n) is 11.9. The highest BCUT2D eigenvalue weighted by molar-refractivity contribution is 9.10. The molecule has 0 aromatic heterocycles. The predicted molar refractivity (Wildman–Crippen MR) is 87.8 cm³/mol. The molecule has 1 amide bonds. The SMILES string of the molecule is CC1(C)OC(=O)N(Br)c2ccc(-c3ccc(F)c(Cl)c3)cc21. The molecule has 1 heterocycles. The van der Waals surface area contributed by atoms with Crippen LogP contribution in [0.1, 0.15) is 19.4 Å². The molecule has 1 aliphatic rings. The van der Waals surface area contributed by atoms with Gasteiger partial charge in [-0.05, 0) is 49.2 Å². The van der Waals surface area contributed by atoms with Crippen LogP contribution < -0.4 is 3.93 Å². The Kier molecular flexibility index (Phi) is 3.65. The van der Waals surface area contributed by atoms with E-state index in [-0.39, 0.29) is 5.02 Å². The summed E-state index contributed by atoms with van der Waals surface area (Å²) in [6.07, 6.45) is -0.463. The molecule has 0 fully saturated rings. The number of halogens is 3. The van der Waals surface area contributed by atoms with Gasteiger partial charge in [0.15, 0.2) is 0 Å². The lowest BCUT2D eigenvalue weighted by atomic mass is 9.91. The topological polar surface area (TPSA) is 29.5 Å². The number of benzene rings is 2. The summed E-state index contributed by atoms with van der Waals surface area (Å²) in [4.78, 5) is 11.8. The molecule has 0 N–H and O–H groups in total. The van der Waals surface area contributed by atoms with Gasteiger partial charge in [-0.1, -0.05) is 23.7 Å². The molecule has 0 atom stereocenters. The molecule has 3 nitrogen and oxygen atoms in total. The Balaban J connectivity index is 2.14. The molecule has 114 valence electrons. The van der Waals surface area contributed by atoms with Crippen molar-refractivity contribution in [3.63, 3.8) is 0 Å². The van der Waals surface area contributed by atoms with Crippen molar-refractivity contribution in [3.05, 3.63) is 52.8 Å². The third kappa shape index (κ3) is 2.48. The lowest BCUT2D eigenvalue weighted by molar-refractivity contribution is 0.0393. The maximum atomic E-state index is 13.3. The van der Waals surface area contributed by atoms with Gasteiger partial charge in [-0.2, -0.15) is 0 Å². The van der Waals surface area contributed by atoms with Crippen LogP contribution in [-0.2, 0) is 10.3 Å². The van der Waals surface area contributed by atoms with Gasteiger partial charge < -0.3 is 4.74 Å². The van der Waals surface area contributed by atoms with E-state index in [1.54, 1.807) is 12.1 Å². The second-order valence-electron chi connectivity index (χ2n) is 5.52. The fourth-order valence-corrected chi connectivity index (χ4v) is 3.02. The second kappa shape index (κ2) is 5.25. The minimum Gasteiger partial charge on any atom is -0.438 e. The van der Waals surface area contributed by atoms with Crippen molar-refractivity contribution in [1.82, 2.24) is 0 Å². The van der Waals surface area contributed by atoms with Crippen molar-refractivity contribution in [2.75, 3.05) is 3.93 Å². The zero-order chi connectivity index (χ0) is 16.1. The number of hydrogen-bond acceptors (Lipinski definition) is 2. The van der Waals surface area contributed by atoms with Crippen molar-refractivity contribution >= 4 is 39.5 Å². The van der Waals surface area contributed by atoms with Gasteiger partial charge in [0, 0.05) is 5.56 Å². The summed E-state index contributed by atoms with van der Waals surface area (Å²) in [5.41, 5.74) is 2.48. The highest BCUT2D eigenvalue weighted by Crippen LogP contribution is 2.42. The third-order valence-corrected chi connectivity index (χ3v) is 4.57. The minimum atomic E-state index is -0.753. The number of rotatable bonds is 1. The minimum absolute atomic E-state index is 0.0722. The van der Waals surface area contributed by atoms with Gasteiger partial charge in [0.1, 0.15) is 11.4 Å². The lowest BCUT2D eigenvalue weighted by Crippen LogP contribution is -2.38. The first kappa shape index (κ1) is 15.3. The standard InChI is InChI=1S/C16H12BrClFNO2/c1-16(2)11-7-9(10-3-5-13(19)12(18)8-10)4-6-14(11)20(17)15(21)22-16/h3-8H,1-2H3. The number of nitrogens with zero attached hydrogens (tertiary/aromatic N) is 1. The van der Waals surface area contributed by atoms with Crippen LogP contribution in [0.4, 0.5) is 14.9 Å². The maximum Gasteiger partial charge on any atom is 0.425 e. The van der Waals surface area contributed by atoms with Gasteiger partial charge >= 0.3 is 6.09 Å². The molecule has 1 aliphatic heterocycles. The first-order valence-corrected chi connectivity index (χ1v) is 7.67. The van der Waals surface area contributed by atoms with Crippen molar-refractivity contribution < 1.29 is 13.9 Å². The molecular formula is C16H12BrClFNO2. The predicted octanol–water partition coefficient (Wildman–Crippen LogP) is 5.65. The van der Waals surface area contributed by atoms with E-state index in [2.05, 4.69) is 16.1 Å². The van der Waals surface area contributed by atoms with Crippen molar-refractivity contribution in [2.45, 2.75) is 19.4 Å². The summed E-state index contributed by atoms with van der Waals surface area (Å²) in [5, 5.41) is 0.0722. The first-order valence-electron chi connectivity index (χ1n) is 6.58. The fourth-order valence-electron chi connectivity index (χ4n) is 2.46. The Bertz CT molecular complexity index is 779. The number of cyclic esters (lactones) is 1. The van der Waals surface area contributed by atoms with Gasteiger partial charge in [-0.25, -0.2) is 13.1 Å². The molecule has 0 unspecified atom stereocenters. The van der Waals surface area contributed by atoms with Crippen LogP contribution in [0.15, 0.2) is 36.4 Å². The number of fused-ring (bicyclic) bond motifs is 1. The smallest absolute Gasteiger partial charge is 0.425 e. The van der Waals surface area contributed by atoms with Gasteiger partial charge in [-0.15, -0.1) is 0 Å². The van der Waals surface area contributed by atoms with E-state index in [9.17, 15) is 9.18 Å². The van der Waals surface area contributed by atoms with Crippen LogP contribution in [0.25, 0.3) is 11.1 Å². The lowest BCUT2D eigenvalue weighted by Gasteiger charge is -2.35. The van der Waals surface area contributed by atoms with Gasteiger partial charge in [-0.3, -0.25) is 0 Å². The molecule has 2 aromatic carbocycles. The van der Waals surface area contributed by atoms with Gasteiger partial charge in [0.05, 0.1) is 26.9 Å². The molecule has 0 bridgehead atoms. The summed E-state index contributed by atoms with van der Waals surface area (Å²) < 4.78 is 20.0. The van der Waals surface area contributed by atoms with Crippen LogP contribution in [0.3, 0.4) is 0 Å². The molecule has 0 radical (unpaired) electrons.